The molecule has 0 saturated carbocycles. The van der Waals surface area contributed by atoms with Crippen LogP contribution >= 0.6 is 0 Å². The molecule has 3 rings (SSSR count). The third-order valence-electron chi connectivity index (χ3n) is 5.33. The third-order valence-corrected chi connectivity index (χ3v) is 5.33. The molecular formula is C20H31N5O2. The van der Waals surface area contributed by atoms with Crippen molar-refractivity contribution in [3.63, 3.8) is 0 Å². The van der Waals surface area contributed by atoms with E-state index in [9.17, 15) is 9.59 Å². The monoisotopic (exact) mass is 373 g/mol. The average Bonchev–Trinajstić information content (AvgIpc) is 2.85. The van der Waals surface area contributed by atoms with Gasteiger partial charge in [-0.05, 0) is 19.8 Å². The zero-order valence-electron chi connectivity index (χ0n) is 16.8. The highest BCUT2D eigenvalue weighted by atomic mass is 16.2. The third kappa shape index (κ3) is 4.96. The second kappa shape index (κ2) is 8.67. The standard InChI is InChI=1S/C20H31N5O2/c1-15(2)20-21-16(3)13-17(22-20)23-9-11-24(12-10-23)19(27)14-25-8-6-4-5-7-18(25)26/h13,15H,4-12,14H2,1-3H3. The van der Waals surface area contributed by atoms with Crippen molar-refractivity contribution < 1.29 is 9.59 Å². The molecule has 2 aliphatic heterocycles. The highest BCUT2D eigenvalue weighted by molar-refractivity contribution is 5.85. The molecule has 0 unspecified atom stereocenters. The van der Waals surface area contributed by atoms with Gasteiger partial charge in [-0.2, -0.15) is 0 Å². The largest absolute Gasteiger partial charge is 0.353 e. The summed E-state index contributed by atoms with van der Waals surface area (Å²) in [5.41, 5.74) is 0.974. The number of aromatic nitrogens is 2. The number of anilines is 1. The van der Waals surface area contributed by atoms with Crippen LogP contribution in [0.4, 0.5) is 5.82 Å². The number of piperazine rings is 1. The van der Waals surface area contributed by atoms with E-state index in [1.807, 2.05) is 17.9 Å². The van der Waals surface area contributed by atoms with Crippen molar-refractivity contribution in [2.45, 2.75) is 52.4 Å². The number of carbonyl (C=O) groups is 2. The molecule has 2 amide bonds. The van der Waals surface area contributed by atoms with Crippen LogP contribution in [0.15, 0.2) is 6.07 Å². The second-order valence-electron chi connectivity index (χ2n) is 7.87. The van der Waals surface area contributed by atoms with E-state index in [1.54, 1.807) is 4.90 Å². The van der Waals surface area contributed by atoms with Gasteiger partial charge in [0.1, 0.15) is 11.6 Å². The Balaban J connectivity index is 1.57. The molecule has 0 atom stereocenters. The van der Waals surface area contributed by atoms with Crippen LogP contribution in [0.3, 0.4) is 0 Å². The molecule has 7 nitrogen and oxygen atoms in total. The first-order chi connectivity index (χ1) is 12.9. The average molecular weight is 374 g/mol. The normalized spacial score (nSPS) is 18.8. The summed E-state index contributed by atoms with van der Waals surface area (Å²) in [6.07, 6.45) is 3.59. The van der Waals surface area contributed by atoms with Crippen LogP contribution < -0.4 is 4.90 Å². The number of aryl methyl sites for hydroxylation is 1. The van der Waals surface area contributed by atoms with Gasteiger partial charge in [-0.1, -0.05) is 20.3 Å². The van der Waals surface area contributed by atoms with Crippen molar-refractivity contribution in [3.05, 3.63) is 17.6 Å². The maximum atomic E-state index is 12.7. The van der Waals surface area contributed by atoms with E-state index >= 15 is 0 Å². The molecule has 3 heterocycles. The second-order valence-corrected chi connectivity index (χ2v) is 7.87. The molecule has 2 aliphatic rings. The smallest absolute Gasteiger partial charge is 0.242 e. The van der Waals surface area contributed by atoms with Crippen LogP contribution in [0.25, 0.3) is 0 Å². The molecule has 0 radical (unpaired) electrons. The fourth-order valence-corrected chi connectivity index (χ4v) is 3.65. The van der Waals surface area contributed by atoms with E-state index in [-0.39, 0.29) is 24.3 Å². The van der Waals surface area contributed by atoms with Crippen molar-refractivity contribution in [2.75, 3.05) is 44.2 Å². The Bertz CT molecular complexity index is 683. The highest BCUT2D eigenvalue weighted by Gasteiger charge is 2.26. The predicted octanol–water partition coefficient (Wildman–Crippen LogP) is 1.96. The van der Waals surface area contributed by atoms with Crippen molar-refractivity contribution in [1.29, 1.82) is 0 Å². The molecule has 2 saturated heterocycles. The topological polar surface area (TPSA) is 69.6 Å². The van der Waals surface area contributed by atoms with Crippen LogP contribution in [-0.4, -0.2) is 70.9 Å². The lowest BCUT2D eigenvalue weighted by Gasteiger charge is -2.36. The summed E-state index contributed by atoms with van der Waals surface area (Å²) < 4.78 is 0. The van der Waals surface area contributed by atoms with Crippen LogP contribution in [0.5, 0.6) is 0 Å². The van der Waals surface area contributed by atoms with Gasteiger partial charge < -0.3 is 14.7 Å². The van der Waals surface area contributed by atoms with E-state index in [0.717, 1.165) is 49.7 Å². The van der Waals surface area contributed by atoms with E-state index < -0.39 is 0 Å². The first kappa shape index (κ1) is 19.6. The van der Waals surface area contributed by atoms with Crippen molar-refractivity contribution in [3.8, 4) is 0 Å². The Hall–Kier alpha value is -2.18. The molecule has 0 bridgehead atoms. The lowest BCUT2D eigenvalue weighted by Crippen LogP contribution is -2.52. The molecule has 1 aromatic rings. The first-order valence-corrected chi connectivity index (χ1v) is 10.1. The first-order valence-electron chi connectivity index (χ1n) is 10.1. The molecule has 7 heteroatoms. The minimum Gasteiger partial charge on any atom is -0.353 e. The van der Waals surface area contributed by atoms with E-state index in [4.69, 9.17) is 4.98 Å². The fraction of sp³-hybridized carbons (Fsp3) is 0.700. The van der Waals surface area contributed by atoms with Gasteiger partial charge in [0, 0.05) is 56.8 Å². The maximum absolute atomic E-state index is 12.7. The molecule has 1 aromatic heterocycles. The molecule has 148 valence electrons. The van der Waals surface area contributed by atoms with Crippen molar-refractivity contribution >= 4 is 17.6 Å². The highest BCUT2D eigenvalue weighted by Crippen LogP contribution is 2.19. The van der Waals surface area contributed by atoms with Crippen LogP contribution in [0, 0.1) is 6.92 Å². The molecule has 0 aliphatic carbocycles. The Kier molecular flexibility index (Phi) is 6.29. The Morgan fingerprint density at radius 2 is 1.81 bits per heavy atom. The van der Waals surface area contributed by atoms with Gasteiger partial charge in [-0.15, -0.1) is 0 Å². The summed E-state index contributed by atoms with van der Waals surface area (Å²) in [6.45, 7) is 9.97. The summed E-state index contributed by atoms with van der Waals surface area (Å²) in [5.74, 6) is 2.28. The Morgan fingerprint density at radius 1 is 1.07 bits per heavy atom. The number of rotatable bonds is 4. The molecular weight excluding hydrogens is 342 g/mol. The Morgan fingerprint density at radius 3 is 2.52 bits per heavy atom. The number of nitrogens with zero attached hydrogens (tertiary/aromatic N) is 5. The zero-order valence-corrected chi connectivity index (χ0v) is 16.8. The lowest BCUT2D eigenvalue weighted by molar-refractivity contribution is -0.140. The number of likely N-dealkylation sites (tertiary alicyclic amines) is 1. The number of hydrogen-bond donors (Lipinski definition) is 0. The zero-order chi connectivity index (χ0) is 19.4. The summed E-state index contributed by atoms with van der Waals surface area (Å²) in [5, 5.41) is 0. The summed E-state index contributed by atoms with van der Waals surface area (Å²) in [4.78, 5) is 39.8. The molecule has 0 spiro atoms. The van der Waals surface area contributed by atoms with Crippen LogP contribution in [0.1, 0.15) is 57.0 Å². The number of amides is 2. The number of carbonyl (C=O) groups excluding carboxylic acids is 2. The molecule has 27 heavy (non-hydrogen) atoms. The fourth-order valence-electron chi connectivity index (χ4n) is 3.65. The summed E-state index contributed by atoms with van der Waals surface area (Å²) >= 11 is 0. The minimum atomic E-state index is 0.0617. The van der Waals surface area contributed by atoms with Gasteiger partial charge in [0.2, 0.25) is 11.8 Å². The van der Waals surface area contributed by atoms with Crippen LogP contribution in [0.2, 0.25) is 0 Å². The number of hydrogen-bond acceptors (Lipinski definition) is 5. The van der Waals surface area contributed by atoms with Gasteiger partial charge in [0.25, 0.3) is 0 Å². The van der Waals surface area contributed by atoms with E-state index in [1.165, 1.54) is 0 Å². The van der Waals surface area contributed by atoms with Gasteiger partial charge >= 0.3 is 0 Å². The maximum Gasteiger partial charge on any atom is 0.242 e. The molecule has 0 aromatic carbocycles. The van der Waals surface area contributed by atoms with Crippen molar-refractivity contribution in [2.24, 2.45) is 0 Å². The quantitative estimate of drug-likeness (QED) is 0.807. The SMILES string of the molecule is Cc1cc(N2CCN(C(=O)CN3CCCCCC3=O)CC2)nc(C(C)C)n1. The van der Waals surface area contributed by atoms with Gasteiger partial charge in [-0.3, -0.25) is 9.59 Å². The molecule has 2 fully saturated rings. The van der Waals surface area contributed by atoms with E-state index in [0.29, 0.717) is 26.1 Å². The van der Waals surface area contributed by atoms with Gasteiger partial charge in [0.05, 0.1) is 6.54 Å². The predicted molar refractivity (Wildman–Crippen MR) is 105 cm³/mol. The Labute approximate surface area is 161 Å². The molecule has 0 N–H and O–H groups in total. The summed E-state index contributed by atoms with van der Waals surface area (Å²) in [6, 6.07) is 2.01. The van der Waals surface area contributed by atoms with Gasteiger partial charge in [0.15, 0.2) is 0 Å². The van der Waals surface area contributed by atoms with Crippen LogP contribution in [-0.2, 0) is 9.59 Å². The van der Waals surface area contributed by atoms with Gasteiger partial charge in [-0.25, -0.2) is 9.97 Å². The lowest BCUT2D eigenvalue weighted by atomic mass is 10.2. The minimum absolute atomic E-state index is 0.0617. The van der Waals surface area contributed by atoms with Crippen molar-refractivity contribution in [1.82, 2.24) is 19.8 Å². The summed E-state index contributed by atoms with van der Waals surface area (Å²) in [7, 11) is 0. The van der Waals surface area contributed by atoms with E-state index in [2.05, 4.69) is 23.7 Å².